The Balaban J connectivity index is 2.53. The van der Waals surface area contributed by atoms with E-state index in [4.69, 9.17) is 33.1 Å². The summed E-state index contributed by atoms with van der Waals surface area (Å²) in [5.41, 5.74) is 1.62. The van der Waals surface area contributed by atoms with Gasteiger partial charge in [0.1, 0.15) is 0 Å². The fourth-order valence-corrected chi connectivity index (χ4v) is 2.28. The van der Waals surface area contributed by atoms with Crippen molar-refractivity contribution in [3.05, 3.63) is 51.8 Å². The van der Waals surface area contributed by atoms with E-state index in [1.807, 2.05) is 0 Å². The Labute approximate surface area is 125 Å². The third-order valence-corrected chi connectivity index (χ3v) is 3.67. The molecule has 0 amide bonds. The molecule has 0 atom stereocenters. The van der Waals surface area contributed by atoms with Crippen molar-refractivity contribution in [2.75, 3.05) is 7.11 Å². The first-order valence-electron chi connectivity index (χ1n) is 5.57. The summed E-state index contributed by atoms with van der Waals surface area (Å²) >= 11 is 12.2. The Morgan fingerprint density at radius 2 is 1.95 bits per heavy atom. The largest absolute Gasteiger partial charge is 0.494 e. The molecule has 0 aliphatic carbocycles. The van der Waals surface area contributed by atoms with Crippen molar-refractivity contribution < 1.29 is 14.3 Å². The second-order valence-electron chi connectivity index (χ2n) is 3.92. The lowest BCUT2D eigenvalue weighted by Gasteiger charge is -2.09. The van der Waals surface area contributed by atoms with E-state index >= 15 is 0 Å². The number of benzene rings is 2. The van der Waals surface area contributed by atoms with Crippen molar-refractivity contribution in [1.82, 2.24) is 0 Å². The summed E-state index contributed by atoms with van der Waals surface area (Å²) in [6, 6.07) is 7.81. The van der Waals surface area contributed by atoms with E-state index in [1.54, 1.807) is 18.2 Å². The van der Waals surface area contributed by atoms with Crippen LogP contribution in [0.3, 0.4) is 0 Å². The molecule has 0 saturated heterocycles. The number of rotatable bonds is 3. The number of hydrogen-bond acceptors (Lipinski definition) is 3. The van der Waals surface area contributed by atoms with Gasteiger partial charge in [0.2, 0.25) is 0 Å². The molecule has 0 aromatic heterocycles. The third kappa shape index (κ3) is 2.71. The Morgan fingerprint density at radius 3 is 2.55 bits per heavy atom. The van der Waals surface area contributed by atoms with Gasteiger partial charge in [-0.1, -0.05) is 46.6 Å². The second kappa shape index (κ2) is 6.11. The molecule has 104 valence electrons. The SMILES string of the molecule is COc1ccc(-c2ccc(C=NO)c(Cl)c2Cl)cc1F. The van der Waals surface area contributed by atoms with Crippen molar-refractivity contribution in [3.8, 4) is 16.9 Å². The van der Waals surface area contributed by atoms with Crippen LogP contribution in [0.5, 0.6) is 5.75 Å². The van der Waals surface area contributed by atoms with Crippen LogP contribution in [0, 0.1) is 5.82 Å². The van der Waals surface area contributed by atoms with Crippen LogP contribution in [0.15, 0.2) is 35.5 Å². The summed E-state index contributed by atoms with van der Waals surface area (Å²) in [5, 5.41) is 11.9. The molecule has 3 nitrogen and oxygen atoms in total. The molecule has 0 saturated carbocycles. The standard InChI is InChI=1S/C14H10Cl2FNO2/c1-20-12-5-3-8(6-11(12)17)10-4-2-9(7-18-19)13(15)14(10)16/h2-7,19H,1H3. The average molecular weight is 314 g/mol. The molecule has 6 heteroatoms. The highest BCUT2D eigenvalue weighted by atomic mass is 35.5. The van der Waals surface area contributed by atoms with Crippen LogP contribution in [-0.2, 0) is 0 Å². The molecule has 0 aliphatic rings. The van der Waals surface area contributed by atoms with E-state index in [0.717, 1.165) is 0 Å². The molecule has 0 heterocycles. The fraction of sp³-hybridized carbons (Fsp3) is 0.0714. The van der Waals surface area contributed by atoms with Gasteiger partial charge in [0.05, 0.1) is 23.4 Å². The van der Waals surface area contributed by atoms with Gasteiger partial charge in [-0.3, -0.25) is 0 Å². The predicted octanol–water partition coefficient (Wildman–Crippen LogP) is 4.62. The first kappa shape index (κ1) is 14.6. The molecule has 0 radical (unpaired) electrons. The van der Waals surface area contributed by atoms with Crippen LogP contribution >= 0.6 is 23.2 Å². The van der Waals surface area contributed by atoms with Gasteiger partial charge in [-0.25, -0.2) is 4.39 Å². The average Bonchev–Trinajstić information content (AvgIpc) is 2.44. The van der Waals surface area contributed by atoms with Crippen molar-refractivity contribution in [2.24, 2.45) is 5.16 Å². The summed E-state index contributed by atoms with van der Waals surface area (Å²) < 4.78 is 18.6. The Morgan fingerprint density at radius 1 is 1.20 bits per heavy atom. The summed E-state index contributed by atoms with van der Waals surface area (Å²) in [7, 11) is 1.39. The topological polar surface area (TPSA) is 41.8 Å². The van der Waals surface area contributed by atoms with Crippen molar-refractivity contribution in [2.45, 2.75) is 0 Å². The zero-order chi connectivity index (χ0) is 14.7. The molecule has 0 unspecified atom stereocenters. The molecule has 2 aromatic carbocycles. The lowest BCUT2D eigenvalue weighted by molar-refractivity contribution is 0.322. The smallest absolute Gasteiger partial charge is 0.165 e. The van der Waals surface area contributed by atoms with E-state index in [9.17, 15) is 4.39 Å². The van der Waals surface area contributed by atoms with E-state index in [1.165, 1.54) is 25.5 Å². The lowest BCUT2D eigenvalue weighted by atomic mass is 10.0. The number of nitrogens with zero attached hydrogens (tertiary/aromatic N) is 1. The van der Waals surface area contributed by atoms with Crippen LogP contribution in [0.25, 0.3) is 11.1 Å². The lowest BCUT2D eigenvalue weighted by Crippen LogP contribution is -1.91. The molecule has 20 heavy (non-hydrogen) atoms. The van der Waals surface area contributed by atoms with Crippen LogP contribution in [-0.4, -0.2) is 18.5 Å². The maximum Gasteiger partial charge on any atom is 0.165 e. The predicted molar refractivity (Wildman–Crippen MR) is 77.8 cm³/mol. The first-order valence-corrected chi connectivity index (χ1v) is 6.33. The van der Waals surface area contributed by atoms with Crippen molar-refractivity contribution >= 4 is 29.4 Å². The van der Waals surface area contributed by atoms with E-state index in [-0.39, 0.29) is 15.8 Å². The van der Waals surface area contributed by atoms with E-state index in [0.29, 0.717) is 16.7 Å². The summed E-state index contributed by atoms with van der Waals surface area (Å²) in [5.74, 6) is -0.335. The first-order chi connectivity index (χ1) is 9.58. The van der Waals surface area contributed by atoms with Gasteiger partial charge < -0.3 is 9.94 Å². The summed E-state index contributed by atoms with van der Waals surface area (Å²) in [6.45, 7) is 0. The highest BCUT2D eigenvalue weighted by molar-refractivity contribution is 6.45. The van der Waals surface area contributed by atoms with Gasteiger partial charge in [-0.2, -0.15) is 0 Å². The maximum absolute atomic E-state index is 13.7. The van der Waals surface area contributed by atoms with Gasteiger partial charge in [-0.05, 0) is 17.7 Å². The van der Waals surface area contributed by atoms with Gasteiger partial charge in [0.25, 0.3) is 0 Å². The van der Waals surface area contributed by atoms with Gasteiger partial charge in [0, 0.05) is 11.1 Å². The Hall–Kier alpha value is -1.78. The van der Waals surface area contributed by atoms with E-state index < -0.39 is 5.82 Å². The van der Waals surface area contributed by atoms with Gasteiger partial charge in [-0.15, -0.1) is 0 Å². The Kier molecular flexibility index (Phi) is 4.47. The third-order valence-electron chi connectivity index (χ3n) is 2.77. The molecule has 2 aromatic rings. The number of hydrogen-bond donors (Lipinski definition) is 1. The van der Waals surface area contributed by atoms with Crippen molar-refractivity contribution in [3.63, 3.8) is 0 Å². The minimum absolute atomic E-state index is 0.153. The van der Waals surface area contributed by atoms with Crippen LogP contribution < -0.4 is 4.74 Å². The summed E-state index contributed by atoms with van der Waals surface area (Å²) in [4.78, 5) is 0. The number of oxime groups is 1. The van der Waals surface area contributed by atoms with Crippen molar-refractivity contribution in [1.29, 1.82) is 0 Å². The normalized spacial score (nSPS) is 11.0. The number of ether oxygens (including phenoxy) is 1. The second-order valence-corrected chi connectivity index (χ2v) is 4.68. The molecule has 0 aliphatic heterocycles. The van der Waals surface area contributed by atoms with Gasteiger partial charge >= 0.3 is 0 Å². The van der Waals surface area contributed by atoms with Crippen LogP contribution in [0.4, 0.5) is 4.39 Å². The minimum Gasteiger partial charge on any atom is -0.494 e. The monoisotopic (exact) mass is 313 g/mol. The molecular weight excluding hydrogens is 304 g/mol. The summed E-state index contributed by atoms with van der Waals surface area (Å²) in [6.07, 6.45) is 1.17. The Bertz CT molecular complexity index is 674. The molecule has 0 bridgehead atoms. The van der Waals surface area contributed by atoms with E-state index in [2.05, 4.69) is 5.16 Å². The molecule has 0 spiro atoms. The van der Waals surface area contributed by atoms with Crippen LogP contribution in [0.2, 0.25) is 10.0 Å². The molecule has 2 rings (SSSR count). The fourth-order valence-electron chi connectivity index (χ4n) is 1.78. The molecule has 1 N–H and O–H groups in total. The highest BCUT2D eigenvalue weighted by Gasteiger charge is 2.12. The minimum atomic E-state index is -0.488. The maximum atomic E-state index is 13.7. The highest BCUT2D eigenvalue weighted by Crippen LogP contribution is 2.36. The van der Waals surface area contributed by atoms with Crippen LogP contribution in [0.1, 0.15) is 5.56 Å². The zero-order valence-corrected chi connectivity index (χ0v) is 11.9. The number of methoxy groups -OCH3 is 1. The number of halogens is 3. The van der Waals surface area contributed by atoms with Gasteiger partial charge in [0.15, 0.2) is 11.6 Å². The zero-order valence-electron chi connectivity index (χ0n) is 10.4. The molecule has 0 fully saturated rings. The quantitative estimate of drug-likeness (QED) is 0.510. The molecular formula is C14H10Cl2FNO2.